The predicted molar refractivity (Wildman–Crippen MR) is 104 cm³/mol. The van der Waals surface area contributed by atoms with E-state index in [-0.39, 0.29) is 17.6 Å². The number of thiophene rings is 1. The molecule has 0 aliphatic rings. The van der Waals surface area contributed by atoms with Gasteiger partial charge in [-0.1, -0.05) is 25.1 Å². The molecule has 7 heteroatoms. The summed E-state index contributed by atoms with van der Waals surface area (Å²) in [7, 11) is 0. The number of ether oxygens (including phenoxy) is 2. The number of carbonyl (C=O) groups excluding carboxylic acids is 2. The lowest BCUT2D eigenvalue weighted by molar-refractivity contribution is -0.122. The zero-order valence-corrected chi connectivity index (χ0v) is 16.6. The fraction of sp³-hybridized carbons (Fsp3) is 0.350. The van der Waals surface area contributed by atoms with Gasteiger partial charge in [-0.15, -0.1) is 11.3 Å². The number of esters is 1. The predicted octanol–water partition coefficient (Wildman–Crippen LogP) is 4.29. The van der Waals surface area contributed by atoms with E-state index in [2.05, 4.69) is 11.4 Å². The summed E-state index contributed by atoms with van der Waals surface area (Å²) in [5.74, 6) is -0.288. The van der Waals surface area contributed by atoms with Crippen LogP contribution in [0.5, 0.6) is 5.75 Å². The molecule has 1 N–H and O–H groups in total. The van der Waals surface area contributed by atoms with Crippen molar-refractivity contribution in [1.29, 1.82) is 5.26 Å². The number of nitrogens with zero attached hydrogens (tertiary/aromatic N) is 1. The van der Waals surface area contributed by atoms with Gasteiger partial charge in [-0.25, -0.2) is 4.79 Å². The van der Waals surface area contributed by atoms with E-state index in [1.54, 1.807) is 32.9 Å². The quantitative estimate of drug-likeness (QED) is 0.717. The average Bonchev–Trinajstić information content (AvgIpc) is 2.95. The molecule has 142 valence electrons. The van der Waals surface area contributed by atoms with Gasteiger partial charge < -0.3 is 14.8 Å². The molecule has 1 aromatic carbocycles. The molecule has 0 saturated heterocycles. The highest BCUT2D eigenvalue weighted by atomic mass is 32.1. The van der Waals surface area contributed by atoms with Crippen molar-refractivity contribution in [2.75, 3.05) is 5.32 Å². The molecule has 0 fully saturated rings. The van der Waals surface area contributed by atoms with Crippen molar-refractivity contribution < 1.29 is 19.1 Å². The maximum Gasteiger partial charge on any atom is 0.348 e. The maximum absolute atomic E-state index is 12.6. The van der Waals surface area contributed by atoms with Crippen molar-refractivity contribution >= 4 is 28.2 Å². The van der Waals surface area contributed by atoms with E-state index in [1.807, 2.05) is 25.1 Å². The summed E-state index contributed by atoms with van der Waals surface area (Å²) in [6, 6.07) is 11.1. The van der Waals surface area contributed by atoms with Crippen LogP contribution in [0.1, 0.15) is 48.0 Å². The molecule has 0 bridgehead atoms. The Balaban J connectivity index is 2.21. The molecule has 0 aliphatic heterocycles. The van der Waals surface area contributed by atoms with Crippen LogP contribution in [0, 0.1) is 18.3 Å². The average molecular weight is 386 g/mol. The highest BCUT2D eigenvalue weighted by Crippen LogP contribution is 2.33. The zero-order valence-electron chi connectivity index (χ0n) is 15.7. The summed E-state index contributed by atoms with van der Waals surface area (Å²) < 4.78 is 10.9. The van der Waals surface area contributed by atoms with E-state index in [4.69, 9.17) is 9.47 Å². The second-order valence-electron chi connectivity index (χ2n) is 6.14. The van der Waals surface area contributed by atoms with Crippen molar-refractivity contribution in [2.24, 2.45) is 0 Å². The van der Waals surface area contributed by atoms with Gasteiger partial charge in [0.25, 0.3) is 5.91 Å². The van der Waals surface area contributed by atoms with Crippen LogP contribution in [0.4, 0.5) is 5.00 Å². The van der Waals surface area contributed by atoms with Crippen molar-refractivity contribution in [3.63, 3.8) is 0 Å². The van der Waals surface area contributed by atoms with Gasteiger partial charge in [0.2, 0.25) is 0 Å². The lowest BCUT2D eigenvalue weighted by Crippen LogP contribution is -2.32. The van der Waals surface area contributed by atoms with Crippen molar-refractivity contribution in [2.45, 2.75) is 46.3 Å². The topological polar surface area (TPSA) is 88.4 Å². The molecule has 1 amide bonds. The van der Waals surface area contributed by atoms with Gasteiger partial charge in [0.05, 0.1) is 11.7 Å². The van der Waals surface area contributed by atoms with Gasteiger partial charge in [0.1, 0.15) is 21.7 Å². The number of nitrogens with one attached hydrogen (secondary N) is 1. The standard InChI is InChI=1S/C20H22N2O4S/c1-5-16(26-14-9-7-6-8-10-14)18(23)22-19-15(11-21)13(4)17(27-19)20(24)25-12(2)3/h6-10,12,16H,5H2,1-4H3,(H,22,23). The number of para-hydroxylation sites is 1. The monoisotopic (exact) mass is 386 g/mol. The van der Waals surface area contributed by atoms with E-state index in [1.165, 1.54) is 0 Å². The molecule has 0 spiro atoms. The number of amides is 1. The van der Waals surface area contributed by atoms with Crippen molar-refractivity contribution in [3.8, 4) is 11.8 Å². The Labute approximate surface area is 162 Å². The number of hydrogen-bond donors (Lipinski definition) is 1. The van der Waals surface area contributed by atoms with Gasteiger partial charge in [-0.3, -0.25) is 4.79 Å². The molecule has 2 aromatic rings. The lowest BCUT2D eigenvalue weighted by atomic mass is 10.1. The largest absolute Gasteiger partial charge is 0.481 e. The van der Waals surface area contributed by atoms with Crippen molar-refractivity contribution in [3.05, 3.63) is 46.3 Å². The lowest BCUT2D eigenvalue weighted by Gasteiger charge is -2.16. The Morgan fingerprint density at radius 3 is 2.48 bits per heavy atom. The van der Waals surface area contributed by atoms with Gasteiger partial charge in [-0.05, 0) is 44.9 Å². The Hall–Kier alpha value is -2.85. The molecule has 1 heterocycles. The number of carbonyl (C=O) groups is 2. The first-order valence-electron chi connectivity index (χ1n) is 8.64. The van der Waals surface area contributed by atoms with Gasteiger partial charge in [0, 0.05) is 0 Å². The van der Waals surface area contributed by atoms with Crippen LogP contribution >= 0.6 is 11.3 Å². The van der Waals surface area contributed by atoms with E-state index >= 15 is 0 Å². The second-order valence-corrected chi connectivity index (χ2v) is 7.16. The van der Waals surface area contributed by atoms with Crippen molar-refractivity contribution in [1.82, 2.24) is 0 Å². The minimum Gasteiger partial charge on any atom is -0.481 e. The van der Waals surface area contributed by atoms with Gasteiger partial charge in [-0.2, -0.15) is 5.26 Å². The summed E-state index contributed by atoms with van der Waals surface area (Å²) in [4.78, 5) is 25.2. The van der Waals surface area contributed by atoms with E-state index in [0.717, 1.165) is 11.3 Å². The molecule has 0 aliphatic carbocycles. The third-order valence-electron chi connectivity index (χ3n) is 3.71. The summed E-state index contributed by atoms with van der Waals surface area (Å²) in [5.41, 5.74) is 0.763. The van der Waals surface area contributed by atoms with Gasteiger partial charge in [0.15, 0.2) is 6.10 Å². The number of anilines is 1. The second kappa shape index (κ2) is 9.19. The fourth-order valence-electron chi connectivity index (χ4n) is 2.38. The van der Waals surface area contributed by atoms with E-state index < -0.39 is 12.1 Å². The minimum atomic E-state index is -0.715. The Bertz CT molecular complexity index is 853. The summed E-state index contributed by atoms with van der Waals surface area (Å²) in [6.45, 7) is 7.01. The molecule has 1 unspecified atom stereocenters. The third kappa shape index (κ3) is 5.08. The van der Waals surface area contributed by atoms with Crippen LogP contribution in [-0.4, -0.2) is 24.1 Å². The van der Waals surface area contributed by atoms with Crippen LogP contribution in [0.3, 0.4) is 0 Å². The highest BCUT2D eigenvalue weighted by molar-refractivity contribution is 7.18. The molecular formula is C20H22N2O4S. The Morgan fingerprint density at radius 2 is 1.93 bits per heavy atom. The zero-order chi connectivity index (χ0) is 20.0. The smallest absolute Gasteiger partial charge is 0.348 e. The Kier molecular flexibility index (Phi) is 6.97. The molecular weight excluding hydrogens is 364 g/mol. The molecule has 27 heavy (non-hydrogen) atoms. The number of hydrogen-bond acceptors (Lipinski definition) is 6. The first kappa shape index (κ1) is 20.5. The van der Waals surface area contributed by atoms with Crippen LogP contribution in [0.2, 0.25) is 0 Å². The summed E-state index contributed by atoms with van der Waals surface area (Å²) >= 11 is 1.04. The SMILES string of the molecule is CCC(Oc1ccccc1)C(=O)Nc1sc(C(=O)OC(C)C)c(C)c1C#N. The first-order chi connectivity index (χ1) is 12.9. The first-order valence-corrected chi connectivity index (χ1v) is 9.46. The molecule has 2 rings (SSSR count). The molecule has 1 atom stereocenters. The van der Waals surface area contributed by atoms with E-state index in [9.17, 15) is 14.9 Å². The van der Waals surface area contributed by atoms with E-state index in [0.29, 0.717) is 27.6 Å². The summed E-state index contributed by atoms with van der Waals surface area (Å²) in [6.07, 6.45) is -0.534. The fourth-order valence-corrected chi connectivity index (χ4v) is 3.42. The number of rotatable bonds is 7. The molecule has 1 aromatic heterocycles. The van der Waals surface area contributed by atoms with Crippen LogP contribution < -0.4 is 10.1 Å². The molecule has 0 radical (unpaired) electrons. The van der Waals surface area contributed by atoms with Crippen LogP contribution in [-0.2, 0) is 9.53 Å². The van der Waals surface area contributed by atoms with Gasteiger partial charge >= 0.3 is 5.97 Å². The summed E-state index contributed by atoms with van der Waals surface area (Å²) in [5, 5.41) is 12.5. The highest BCUT2D eigenvalue weighted by Gasteiger charge is 2.25. The molecule has 0 saturated carbocycles. The normalized spacial score (nSPS) is 11.6. The Morgan fingerprint density at radius 1 is 1.26 bits per heavy atom. The van der Waals surface area contributed by atoms with Crippen LogP contribution in [0.15, 0.2) is 30.3 Å². The number of nitriles is 1. The number of benzene rings is 1. The third-order valence-corrected chi connectivity index (χ3v) is 4.90. The molecule has 6 nitrogen and oxygen atoms in total. The van der Waals surface area contributed by atoms with Crippen LogP contribution in [0.25, 0.3) is 0 Å². The maximum atomic E-state index is 12.6. The minimum absolute atomic E-state index is 0.263.